The fourth-order valence-electron chi connectivity index (χ4n) is 2.21. The quantitative estimate of drug-likeness (QED) is 0.702. The van der Waals surface area contributed by atoms with Crippen LogP contribution in [0.1, 0.15) is 31.0 Å². The highest BCUT2D eigenvalue weighted by atomic mass is 16.5. The molecule has 7 nitrogen and oxygen atoms in total. The van der Waals surface area contributed by atoms with Crippen LogP contribution in [0, 0.1) is 11.3 Å². The van der Waals surface area contributed by atoms with Crippen molar-refractivity contribution in [3.63, 3.8) is 0 Å². The van der Waals surface area contributed by atoms with Gasteiger partial charge in [0.15, 0.2) is 0 Å². The zero-order valence-electron chi connectivity index (χ0n) is 12.0. The lowest BCUT2D eigenvalue weighted by Gasteiger charge is -2.42. The largest absolute Gasteiger partial charge is 0.485 e. The number of carbonyl (C=O) groups is 1. The summed E-state index contributed by atoms with van der Waals surface area (Å²) in [5.41, 5.74) is 5.24. The van der Waals surface area contributed by atoms with Gasteiger partial charge in [0.2, 0.25) is 0 Å². The number of aliphatic hydroxyl groups excluding tert-OH is 1. The predicted octanol–water partition coefficient (Wildman–Crippen LogP) is 0.992. The molecule has 0 aliphatic carbocycles. The first-order valence-corrected chi connectivity index (χ1v) is 6.39. The van der Waals surface area contributed by atoms with Gasteiger partial charge in [0.05, 0.1) is 24.8 Å². The minimum Gasteiger partial charge on any atom is -0.485 e. The van der Waals surface area contributed by atoms with E-state index >= 15 is 0 Å². The Morgan fingerprint density at radius 2 is 2.24 bits per heavy atom. The fraction of sp³-hybridized carbons (Fsp3) is 0.429. The van der Waals surface area contributed by atoms with E-state index in [1.807, 2.05) is 6.07 Å². The van der Waals surface area contributed by atoms with Crippen molar-refractivity contribution in [1.29, 1.82) is 5.26 Å². The van der Waals surface area contributed by atoms with E-state index < -0.39 is 23.8 Å². The molecule has 1 amide bonds. The second-order valence-corrected chi connectivity index (χ2v) is 5.25. The number of methoxy groups -OCH3 is 1. The maximum Gasteiger partial charge on any atom is 0.421 e. The van der Waals surface area contributed by atoms with E-state index in [9.17, 15) is 9.90 Å². The van der Waals surface area contributed by atoms with Crippen molar-refractivity contribution in [3.05, 3.63) is 29.3 Å². The van der Waals surface area contributed by atoms with Gasteiger partial charge in [-0.15, -0.1) is 0 Å². The lowest BCUT2D eigenvalue weighted by Crippen LogP contribution is -2.55. The molecule has 1 aromatic carbocycles. The Morgan fingerprint density at radius 1 is 1.52 bits per heavy atom. The molecule has 0 spiro atoms. The van der Waals surface area contributed by atoms with Crippen LogP contribution in [0.4, 0.5) is 4.79 Å². The molecule has 1 heterocycles. The van der Waals surface area contributed by atoms with E-state index in [0.29, 0.717) is 16.9 Å². The van der Waals surface area contributed by atoms with Gasteiger partial charge in [0.25, 0.3) is 0 Å². The van der Waals surface area contributed by atoms with Gasteiger partial charge < -0.3 is 14.6 Å². The summed E-state index contributed by atoms with van der Waals surface area (Å²) in [5.74, 6) is 0.550. The number of nitrogens with one attached hydrogen (secondary N) is 2. The zero-order valence-corrected chi connectivity index (χ0v) is 12.0. The lowest BCUT2D eigenvalue weighted by atomic mass is 9.86. The molecule has 112 valence electrons. The summed E-state index contributed by atoms with van der Waals surface area (Å²) < 4.78 is 10.2. The van der Waals surface area contributed by atoms with Crippen LogP contribution in [0.5, 0.6) is 5.75 Å². The number of ether oxygens (including phenoxy) is 2. The number of benzene rings is 1. The minimum atomic E-state index is -0.934. The Hall–Kier alpha value is -2.30. The van der Waals surface area contributed by atoms with E-state index in [1.165, 1.54) is 7.11 Å². The summed E-state index contributed by atoms with van der Waals surface area (Å²) in [7, 11) is 1.24. The third kappa shape index (κ3) is 2.91. The van der Waals surface area contributed by atoms with Crippen molar-refractivity contribution < 1.29 is 19.4 Å². The van der Waals surface area contributed by atoms with Crippen LogP contribution in [0.25, 0.3) is 0 Å². The number of hydrazine groups is 1. The Labute approximate surface area is 122 Å². The number of nitrogens with zero attached hydrogens (tertiary/aromatic N) is 1. The summed E-state index contributed by atoms with van der Waals surface area (Å²) in [4.78, 5) is 11.2. The summed E-state index contributed by atoms with van der Waals surface area (Å²) in [5, 5.41) is 19.4. The Balaban J connectivity index is 2.37. The van der Waals surface area contributed by atoms with E-state index in [-0.39, 0.29) is 0 Å². The molecular weight excluding hydrogens is 274 g/mol. The van der Waals surface area contributed by atoms with Crippen molar-refractivity contribution in [2.45, 2.75) is 31.6 Å². The molecule has 1 aliphatic rings. The molecule has 3 N–H and O–H groups in total. The maximum absolute atomic E-state index is 11.2. The molecule has 7 heteroatoms. The van der Waals surface area contributed by atoms with E-state index in [1.54, 1.807) is 32.0 Å². The average molecular weight is 291 g/mol. The first-order valence-electron chi connectivity index (χ1n) is 6.39. The molecule has 0 saturated carbocycles. The maximum atomic E-state index is 11.2. The summed E-state index contributed by atoms with van der Waals surface area (Å²) >= 11 is 0. The highest BCUT2D eigenvalue weighted by molar-refractivity contribution is 5.66. The molecule has 0 aromatic heterocycles. The molecule has 0 saturated heterocycles. The third-order valence-corrected chi connectivity index (χ3v) is 3.39. The highest BCUT2D eigenvalue weighted by Crippen LogP contribution is 2.39. The Bertz CT molecular complexity index is 594. The molecule has 0 fully saturated rings. The van der Waals surface area contributed by atoms with Gasteiger partial charge in [-0.05, 0) is 32.0 Å². The van der Waals surface area contributed by atoms with Crippen molar-refractivity contribution in [3.8, 4) is 11.8 Å². The van der Waals surface area contributed by atoms with Crippen LogP contribution < -0.4 is 15.6 Å². The highest BCUT2D eigenvalue weighted by Gasteiger charge is 2.43. The Morgan fingerprint density at radius 3 is 2.86 bits per heavy atom. The number of carbonyl (C=O) groups excluding carboxylic acids is 1. The second kappa shape index (κ2) is 5.60. The standard InChI is InChI=1S/C14H17N3O4/c1-14(2)12(18)11(16-17-13(19)20-3)9-6-8(7-15)4-5-10(9)21-14/h4-6,11-12,16,18H,1-3H3,(H,17,19). The van der Waals surface area contributed by atoms with Gasteiger partial charge in [-0.1, -0.05) is 0 Å². The van der Waals surface area contributed by atoms with E-state index in [0.717, 1.165) is 0 Å². The first kappa shape index (κ1) is 15.1. The predicted molar refractivity (Wildman–Crippen MR) is 73.3 cm³/mol. The number of fused-ring (bicyclic) bond motifs is 1. The monoisotopic (exact) mass is 291 g/mol. The number of hydrogen-bond acceptors (Lipinski definition) is 6. The number of nitriles is 1. The summed E-state index contributed by atoms with van der Waals surface area (Å²) in [6.45, 7) is 3.48. The van der Waals surface area contributed by atoms with Gasteiger partial charge >= 0.3 is 6.09 Å². The molecule has 0 radical (unpaired) electrons. The SMILES string of the molecule is COC(=O)NNC1c2cc(C#N)ccc2OC(C)(C)C1O. The van der Waals surface area contributed by atoms with Gasteiger partial charge in [0.1, 0.15) is 17.5 Å². The Kier molecular flexibility index (Phi) is 4.02. The van der Waals surface area contributed by atoms with Crippen LogP contribution in [-0.2, 0) is 4.74 Å². The molecule has 2 unspecified atom stereocenters. The third-order valence-electron chi connectivity index (χ3n) is 3.39. The number of rotatable bonds is 2. The molecule has 1 aliphatic heterocycles. The summed E-state index contributed by atoms with van der Waals surface area (Å²) in [6.07, 6.45) is -1.61. The second-order valence-electron chi connectivity index (χ2n) is 5.25. The van der Waals surface area contributed by atoms with Crippen LogP contribution >= 0.6 is 0 Å². The van der Waals surface area contributed by atoms with Crippen LogP contribution in [0.2, 0.25) is 0 Å². The normalized spacial score (nSPS) is 22.4. The van der Waals surface area contributed by atoms with E-state index in [2.05, 4.69) is 15.6 Å². The molecule has 21 heavy (non-hydrogen) atoms. The zero-order chi connectivity index (χ0) is 15.6. The molecule has 1 aromatic rings. The first-order chi connectivity index (χ1) is 9.89. The van der Waals surface area contributed by atoms with Crippen molar-refractivity contribution in [2.24, 2.45) is 0 Å². The number of aliphatic hydroxyl groups is 1. The molecule has 0 bridgehead atoms. The molecule has 2 rings (SSSR count). The van der Waals surface area contributed by atoms with Gasteiger partial charge in [-0.25, -0.2) is 10.2 Å². The number of hydrogen-bond donors (Lipinski definition) is 3. The van der Waals surface area contributed by atoms with Crippen LogP contribution in [-0.4, -0.2) is 30.0 Å². The van der Waals surface area contributed by atoms with Gasteiger partial charge in [0, 0.05) is 5.56 Å². The lowest BCUT2D eigenvalue weighted by molar-refractivity contribution is -0.0667. The van der Waals surface area contributed by atoms with E-state index in [4.69, 9.17) is 10.00 Å². The average Bonchev–Trinajstić information content (AvgIpc) is 2.46. The molecule has 2 atom stereocenters. The van der Waals surface area contributed by atoms with Crippen molar-refractivity contribution in [1.82, 2.24) is 10.9 Å². The molecular formula is C14H17N3O4. The fourth-order valence-corrected chi connectivity index (χ4v) is 2.21. The topological polar surface area (TPSA) is 104 Å². The van der Waals surface area contributed by atoms with Crippen LogP contribution in [0.3, 0.4) is 0 Å². The minimum absolute atomic E-state index is 0.439. The smallest absolute Gasteiger partial charge is 0.421 e. The van der Waals surface area contributed by atoms with Crippen LogP contribution in [0.15, 0.2) is 18.2 Å². The van der Waals surface area contributed by atoms with Gasteiger partial charge in [-0.3, -0.25) is 5.43 Å². The summed E-state index contributed by atoms with van der Waals surface area (Å²) in [6, 6.07) is 6.33. The van der Waals surface area contributed by atoms with Gasteiger partial charge in [-0.2, -0.15) is 5.26 Å². The van der Waals surface area contributed by atoms with Crippen molar-refractivity contribution in [2.75, 3.05) is 7.11 Å². The van der Waals surface area contributed by atoms with Crippen molar-refractivity contribution >= 4 is 6.09 Å². The number of amides is 1.